The van der Waals surface area contributed by atoms with E-state index >= 15 is 0 Å². The molecule has 16 heavy (non-hydrogen) atoms. The normalized spacial score (nSPS) is 12.0. The summed E-state index contributed by atoms with van der Waals surface area (Å²) in [6, 6.07) is 5.50. The molecule has 0 aliphatic carbocycles. The Morgan fingerprint density at radius 1 is 1.38 bits per heavy atom. The molecule has 0 unspecified atom stereocenters. The summed E-state index contributed by atoms with van der Waals surface area (Å²) < 4.78 is 5.14. The van der Waals surface area contributed by atoms with E-state index in [1.807, 2.05) is 19.1 Å². The lowest BCUT2D eigenvalue weighted by Gasteiger charge is -2.15. The van der Waals surface area contributed by atoms with Crippen molar-refractivity contribution >= 4 is 10.9 Å². The van der Waals surface area contributed by atoms with Crippen LogP contribution in [0, 0.1) is 6.92 Å². The van der Waals surface area contributed by atoms with Gasteiger partial charge >= 0.3 is 5.63 Å². The number of fused-ring (bicyclic) bond motifs is 1. The highest BCUT2D eigenvalue weighted by atomic mass is 16.4. The van der Waals surface area contributed by atoms with Gasteiger partial charge in [0.05, 0.1) is 16.4 Å². The number of nitrogens with zero attached hydrogens (tertiary/aromatic N) is 1. The highest BCUT2D eigenvalue weighted by Crippen LogP contribution is 2.17. The molecular formula is C12H14N2O2. The SMILES string of the molecule is Cc1cccc2nc(C(C)(C)N)oc(=O)c12. The third kappa shape index (κ3) is 1.72. The van der Waals surface area contributed by atoms with Gasteiger partial charge in [0.2, 0.25) is 5.89 Å². The van der Waals surface area contributed by atoms with E-state index in [9.17, 15) is 4.79 Å². The second-order valence-electron chi connectivity index (χ2n) is 4.50. The Hall–Kier alpha value is -1.68. The van der Waals surface area contributed by atoms with Crippen LogP contribution in [0.2, 0.25) is 0 Å². The second kappa shape index (κ2) is 3.42. The number of nitrogens with two attached hydrogens (primary N) is 1. The second-order valence-corrected chi connectivity index (χ2v) is 4.50. The van der Waals surface area contributed by atoms with Crippen LogP contribution >= 0.6 is 0 Å². The largest absolute Gasteiger partial charge is 0.406 e. The van der Waals surface area contributed by atoms with E-state index in [1.54, 1.807) is 19.9 Å². The third-order valence-electron chi connectivity index (χ3n) is 2.42. The van der Waals surface area contributed by atoms with Gasteiger partial charge in [0, 0.05) is 0 Å². The molecule has 84 valence electrons. The standard InChI is InChI=1S/C12H14N2O2/c1-7-5-4-6-8-9(7)10(15)16-11(14-8)12(2,3)13/h4-6H,13H2,1-3H3. The fraction of sp³-hybridized carbons (Fsp3) is 0.333. The molecule has 0 amide bonds. The van der Waals surface area contributed by atoms with Crippen LogP contribution < -0.4 is 11.4 Å². The topological polar surface area (TPSA) is 69.1 Å². The summed E-state index contributed by atoms with van der Waals surface area (Å²) in [5, 5.41) is 0.524. The van der Waals surface area contributed by atoms with E-state index in [-0.39, 0.29) is 11.5 Å². The summed E-state index contributed by atoms with van der Waals surface area (Å²) >= 11 is 0. The van der Waals surface area contributed by atoms with Crippen LogP contribution in [0.25, 0.3) is 10.9 Å². The maximum atomic E-state index is 11.8. The molecule has 1 aromatic heterocycles. The highest BCUT2D eigenvalue weighted by Gasteiger charge is 2.21. The summed E-state index contributed by atoms with van der Waals surface area (Å²) in [5.41, 5.74) is 6.22. The molecular weight excluding hydrogens is 204 g/mol. The Kier molecular flexibility index (Phi) is 2.31. The van der Waals surface area contributed by atoms with Crippen molar-refractivity contribution in [3.8, 4) is 0 Å². The van der Waals surface area contributed by atoms with Crippen LogP contribution in [0.15, 0.2) is 27.4 Å². The first kappa shape index (κ1) is 10.8. The van der Waals surface area contributed by atoms with E-state index < -0.39 is 5.54 Å². The van der Waals surface area contributed by atoms with Gasteiger partial charge in [0.15, 0.2) is 0 Å². The van der Waals surface area contributed by atoms with Crippen molar-refractivity contribution in [1.29, 1.82) is 0 Å². The number of rotatable bonds is 1. The molecule has 1 aromatic carbocycles. The van der Waals surface area contributed by atoms with E-state index in [1.165, 1.54) is 0 Å². The first-order chi connectivity index (χ1) is 7.39. The van der Waals surface area contributed by atoms with E-state index in [0.29, 0.717) is 10.9 Å². The summed E-state index contributed by atoms with van der Waals surface area (Å²) in [4.78, 5) is 16.1. The minimum absolute atomic E-state index is 0.260. The highest BCUT2D eigenvalue weighted by molar-refractivity contribution is 5.80. The minimum atomic E-state index is -0.753. The molecule has 0 spiro atoms. The Bertz CT molecular complexity index is 594. The average molecular weight is 218 g/mol. The number of aromatic nitrogens is 1. The lowest BCUT2D eigenvalue weighted by atomic mass is 10.1. The van der Waals surface area contributed by atoms with Gasteiger partial charge in [-0.3, -0.25) is 0 Å². The van der Waals surface area contributed by atoms with Crippen LogP contribution in [0.3, 0.4) is 0 Å². The van der Waals surface area contributed by atoms with Crippen LogP contribution in [-0.2, 0) is 5.54 Å². The van der Waals surface area contributed by atoms with Crippen molar-refractivity contribution in [3.05, 3.63) is 40.1 Å². The van der Waals surface area contributed by atoms with Gasteiger partial charge in [-0.2, -0.15) is 0 Å². The maximum Gasteiger partial charge on any atom is 0.347 e. The smallest absolute Gasteiger partial charge is 0.347 e. The van der Waals surface area contributed by atoms with Crippen molar-refractivity contribution in [2.75, 3.05) is 0 Å². The van der Waals surface area contributed by atoms with Crippen molar-refractivity contribution in [1.82, 2.24) is 4.98 Å². The number of aryl methyl sites for hydroxylation is 1. The number of hydrogen-bond acceptors (Lipinski definition) is 4. The predicted molar refractivity (Wildman–Crippen MR) is 62.2 cm³/mol. The molecule has 2 aromatic rings. The van der Waals surface area contributed by atoms with Crippen molar-refractivity contribution < 1.29 is 4.42 Å². The molecule has 2 N–H and O–H groups in total. The lowest BCUT2D eigenvalue weighted by molar-refractivity contribution is 0.348. The molecule has 1 heterocycles. The molecule has 0 saturated carbocycles. The van der Waals surface area contributed by atoms with Gasteiger partial charge in [-0.1, -0.05) is 12.1 Å². The molecule has 0 aliphatic rings. The average Bonchev–Trinajstić information content (AvgIpc) is 2.15. The molecule has 4 heteroatoms. The third-order valence-corrected chi connectivity index (χ3v) is 2.42. The fourth-order valence-corrected chi connectivity index (χ4v) is 1.56. The van der Waals surface area contributed by atoms with Crippen molar-refractivity contribution in [2.24, 2.45) is 5.73 Å². The Morgan fingerprint density at radius 3 is 2.69 bits per heavy atom. The fourth-order valence-electron chi connectivity index (χ4n) is 1.56. The minimum Gasteiger partial charge on any atom is -0.406 e. The summed E-state index contributed by atoms with van der Waals surface area (Å²) in [7, 11) is 0. The first-order valence-corrected chi connectivity index (χ1v) is 5.09. The van der Waals surface area contributed by atoms with Gasteiger partial charge in [-0.25, -0.2) is 9.78 Å². The molecule has 4 nitrogen and oxygen atoms in total. The van der Waals surface area contributed by atoms with Crippen molar-refractivity contribution in [2.45, 2.75) is 26.3 Å². The van der Waals surface area contributed by atoms with Crippen LogP contribution in [0.4, 0.5) is 0 Å². The zero-order valence-corrected chi connectivity index (χ0v) is 9.57. The van der Waals surface area contributed by atoms with Gasteiger partial charge in [-0.15, -0.1) is 0 Å². The Balaban J connectivity index is 2.85. The Morgan fingerprint density at radius 2 is 2.06 bits per heavy atom. The van der Waals surface area contributed by atoms with Crippen molar-refractivity contribution in [3.63, 3.8) is 0 Å². The Labute approximate surface area is 93.1 Å². The zero-order chi connectivity index (χ0) is 11.9. The predicted octanol–water partition coefficient (Wildman–Crippen LogP) is 1.69. The van der Waals surface area contributed by atoms with Crippen LogP contribution in [-0.4, -0.2) is 4.98 Å². The molecule has 0 radical (unpaired) electrons. The van der Waals surface area contributed by atoms with Gasteiger partial charge in [-0.05, 0) is 32.4 Å². The molecule has 2 rings (SSSR count). The van der Waals surface area contributed by atoms with Crippen LogP contribution in [0.5, 0.6) is 0 Å². The molecule has 0 saturated heterocycles. The van der Waals surface area contributed by atoms with Gasteiger partial charge in [0.25, 0.3) is 0 Å². The first-order valence-electron chi connectivity index (χ1n) is 5.09. The lowest BCUT2D eigenvalue weighted by Crippen LogP contribution is -2.31. The van der Waals surface area contributed by atoms with Gasteiger partial charge in [0.1, 0.15) is 0 Å². The van der Waals surface area contributed by atoms with Crippen LogP contribution in [0.1, 0.15) is 25.3 Å². The number of hydrogen-bond donors (Lipinski definition) is 1. The summed E-state index contributed by atoms with van der Waals surface area (Å²) in [6.45, 7) is 5.36. The molecule has 0 aliphatic heterocycles. The molecule has 0 atom stereocenters. The quantitative estimate of drug-likeness (QED) is 0.790. The maximum absolute atomic E-state index is 11.8. The summed E-state index contributed by atoms with van der Waals surface area (Å²) in [5.74, 6) is 0.260. The van der Waals surface area contributed by atoms with E-state index in [2.05, 4.69) is 4.98 Å². The van der Waals surface area contributed by atoms with Gasteiger partial charge < -0.3 is 10.2 Å². The van der Waals surface area contributed by atoms with E-state index in [4.69, 9.17) is 10.2 Å². The molecule has 0 bridgehead atoms. The summed E-state index contributed by atoms with van der Waals surface area (Å²) in [6.07, 6.45) is 0. The zero-order valence-electron chi connectivity index (χ0n) is 9.57. The molecule has 0 fully saturated rings. The monoisotopic (exact) mass is 218 g/mol. The van der Waals surface area contributed by atoms with E-state index in [0.717, 1.165) is 5.56 Å². The number of benzene rings is 1.